The number of alkyl halides is 1. The van der Waals surface area contributed by atoms with Gasteiger partial charge in [0.2, 0.25) is 0 Å². The summed E-state index contributed by atoms with van der Waals surface area (Å²) >= 11 is 0. The Kier molecular flexibility index (Phi) is 5.02. The Hall–Kier alpha value is -2.38. The third-order valence-electron chi connectivity index (χ3n) is 4.31. The number of piperazine rings is 1. The van der Waals surface area contributed by atoms with Crippen molar-refractivity contribution in [2.45, 2.75) is 45.0 Å². The predicted molar refractivity (Wildman–Crippen MR) is 95.0 cm³/mol. The van der Waals surface area contributed by atoms with Crippen LogP contribution in [0.15, 0.2) is 18.3 Å². The number of aromatic nitrogens is 1. The number of hydrogen-bond acceptors (Lipinski definition) is 5. The molecule has 8 heteroatoms. The fourth-order valence-corrected chi connectivity index (χ4v) is 2.74. The zero-order chi connectivity index (χ0) is 18.9. The van der Waals surface area contributed by atoms with Crippen LogP contribution in [0.4, 0.5) is 14.9 Å². The summed E-state index contributed by atoms with van der Waals surface area (Å²) < 4.78 is 18.2. The molecule has 0 unspecified atom stereocenters. The molecule has 142 valence electrons. The first-order valence-electron chi connectivity index (χ1n) is 8.87. The standard InChI is InChI=1S/C18H25FN4O3/c1-18(2,3)26-17(25)23-8-6-22(7-9-23)12-4-5-14(20-11-12)16(24)21-15-10-13(15)19/h4-5,11,13,15H,6-10H2,1-3H3,(H,21,24)/t13-,15+/m0/s1. The summed E-state index contributed by atoms with van der Waals surface area (Å²) in [5.41, 5.74) is 0.664. The molecule has 1 N–H and O–H groups in total. The van der Waals surface area contributed by atoms with Gasteiger partial charge in [0.15, 0.2) is 0 Å². The van der Waals surface area contributed by atoms with Crippen molar-refractivity contribution in [3.8, 4) is 0 Å². The van der Waals surface area contributed by atoms with Gasteiger partial charge in [-0.2, -0.15) is 0 Å². The zero-order valence-corrected chi connectivity index (χ0v) is 15.4. The van der Waals surface area contributed by atoms with Gasteiger partial charge >= 0.3 is 6.09 Å². The molecule has 1 aliphatic carbocycles. The monoisotopic (exact) mass is 364 g/mol. The normalized spacial score (nSPS) is 22.8. The Morgan fingerprint density at radius 3 is 2.38 bits per heavy atom. The summed E-state index contributed by atoms with van der Waals surface area (Å²) in [4.78, 5) is 32.0. The highest BCUT2D eigenvalue weighted by Gasteiger charge is 2.39. The van der Waals surface area contributed by atoms with Crippen molar-refractivity contribution in [2.75, 3.05) is 31.1 Å². The number of amides is 2. The third kappa shape index (κ3) is 4.62. The molecule has 0 spiro atoms. The molecule has 2 amide bonds. The quantitative estimate of drug-likeness (QED) is 0.888. The van der Waals surface area contributed by atoms with Gasteiger partial charge in [0.05, 0.1) is 17.9 Å². The highest BCUT2D eigenvalue weighted by Crippen LogP contribution is 2.25. The first kappa shape index (κ1) is 18.4. The van der Waals surface area contributed by atoms with E-state index in [2.05, 4.69) is 15.2 Å². The fraction of sp³-hybridized carbons (Fsp3) is 0.611. The minimum atomic E-state index is -0.931. The lowest BCUT2D eigenvalue weighted by Gasteiger charge is -2.36. The number of nitrogens with zero attached hydrogens (tertiary/aromatic N) is 3. The van der Waals surface area contributed by atoms with E-state index in [0.29, 0.717) is 32.6 Å². The SMILES string of the molecule is CC(C)(C)OC(=O)N1CCN(c2ccc(C(=O)N[C@@H]3C[C@@H]3F)nc2)CC1. The molecule has 3 rings (SSSR count). The molecule has 0 radical (unpaired) electrons. The summed E-state index contributed by atoms with van der Waals surface area (Å²) in [7, 11) is 0. The number of rotatable bonds is 3. The van der Waals surface area contributed by atoms with E-state index in [0.717, 1.165) is 5.69 Å². The van der Waals surface area contributed by atoms with Gasteiger partial charge in [-0.1, -0.05) is 0 Å². The van der Waals surface area contributed by atoms with Gasteiger partial charge in [-0.15, -0.1) is 0 Å². The van der Waals surface area contributed by atoms with Gasteiger partial charge in [0.1, 0.15) is 17.5 Å². The molecule has 0 aromatic carbocycles. The number of nitrogens with one attached hydrogen (secondary N) is 1. The molecule has 1 saturated heterocycles. The van der Waals surface area contributed by atoms with Crippen LogP contribution in [0.1, 0.15) is 37.7 Å². The van der Waals surface area contributed by atoms with Crippen LogP contribution in [0, 0.1) is 0 Å². The highest BCUT2D eigenvalue weighted by atomic mass is 19.1. The number of halogens is 1. The maximum Gasteiger partial charge on any atom is 0.410 e. The number of pyridine rings is 1. The minimum absolute atomic E-state index is 0.278. The second-order valence-corrected chi connectivity index (χ2v) is 7.69. The first-order valence-corrected chi connectivity index (χ1v) is 8.87. The van der Waals surface area contributed by atoms with E-state index in [1.54, 1.807) is 17.2 Å². The van der Waals surface area contributed by atoms with Crippen LogP contribution < -0.4 is 10.2 Å². The average molecular weight is 364 g/mol. The molecule has 2 heterocycles. The number of ether oxygens (including phenoxy) is 1. The van der Waals surface area contributed by atoms with Crippen molar-refractivity contribution in [1.29, 1.82) is 0 Å². The second kappa shape index (κ2) is 7.09. The maximum atomic E-state index is 12.9. The Morgan fingerprint density at radius 1 is 1.23 bits per heavy atom. The van der Waals surface area contributed by atoms with Gasteiger partial charge in [0.25, 0.3) is 5.91 Å². The lowest BCUT2D eigenvalue weighted by atomic mass is 10.2. The van der Waals surface area contributed by atoms with Crippen molar-refractivity contribution >= 4 is 17.7 Å². The minimum Gasteiger partial charge on any atom is -0.444 e. The molecule has 1 saturated carbocycles. The van der Waals surface area contributed by atoms with Gasteiger partial charge in [-0.3, -0.25) is 4.79 Å². The van der Waals surface area contributed by atoms with Crippen LogP contribution in [-0.2, 0) is 4.74 Å². The van der Waals surface area contributed by atoms with Crippen LogP contribution in [0.25, 0.3) is 0 Å². The van der Waals surface area contributed by atoms with E-state index in [1.807, 2.05) is 26.8 Å². The number of carbonyl (C=O) groups is 2. The van der Waals surface area contributed by atoms with Crippen LogP contribution >= 0.6 is 0 Å². The Balaban J connectivity index is 1.51. The van der Waals surface area contributed by atoms with Gasteiger partial charge in [-0.05, 0) is 32.9 Å². The topological polar surface area (TPSA) is 74.8 Å². The molecule has 1 aromatic rings. The summed E-state index contributed by atoms with van der Waals surface area (Å²) in [6.45, 7) is 8.01. The van der Waals surface area contributed by atoms with Gasteiger partial charge < -0.3 is 19.9 Å². The van der Waals surface area contributed by atoms with Crippen LogP contribution in [0.5, 0.6) is 0 Å². The van der Waals surface area contributed by atoms with Crippen LogP contribution in [0.3, 0.4) is 0 Å². The Labute approximate surface area is 152 Å². The average Bonchev–Trinajstić information content (AvgIpc) is 3.28. The highest BCUT2D eigenvalue weighted by molar-refractivity contribution is 5.92. The van der Waals surface area contributed by atoms with Crippen molar-refractivity contribution in [1.82, 2.24) is 15.2 Å². The van der Waals surface area contributed by atoms with E-state index >= 15 is 0 Å². The van der Waals surface area contributed by atoms with E-state index in [1.165, 1.54) is 0 Å². The molecule has 1 aliphatic heterocycles. The van der Waals surface area contributed by atoms with E-state index in [4.69, 9.17) is 4.74 Å². The van der Waals surface area contributed by atoms with E-state index in [-0.39, 0.29) is 23.7 Å². The largest absolute Gasteiger partial charge is 0.444 e. The molecule has 26 heavy (non-hydrogen) atoms. The lowest BCUT2D eigenvalue weighted by molar-refractivity contribution is 0.0240. The molecular formula is C18H25FN4O3. The third-order valence-corrected chi connectivity index (χ3v) is 4.31. The molecule has 1 aromatic heterocycles. The second-order valence-electron chi connectivity index (χ2n) is 7.69. The lowest BCUT2D eigenvalue weighted by Crippen LogP contribution is -2.50. The Morgan fingerprint density at radius 2 is 1.88 bits per heavy atom. The van der Waals surface area contributed by atoms with Crippen LogP contribution in [-0.4, -0.2) is 65.9 Å². The number of anilines is 1. The van der Waals surface area contributed by atoms with Gasteiger partial charge in [0, 0.05) is 32.6 Å². The molecule has 2 aliphatic rings. The summed E-state index contributed by atoms with van der Waals surface area (Å²) in [5, 5.41) is 2.61. The fourth-order valence-electron chi connectivity index (χ4n) is 2.74. The number of hydrogen-bond donors (Lipinski definition) is 1. The molecule has 2 fully saturated rings. The van der Waals surface area contributed by atoms with E-state index < -0.39 is 11.8 Å². The van der Waals surface area contributed by atoms with E-state index in [9.17, 15) is 14.0 Å². The zero-order valence-electron chi connectivity index (χ0n) is 15.4. The van der Waals surface area contributed by atoms with Crippen molar-refractivity contribution in [3.63, 3.8) is 0 Å². The molecule has 7 nitrogen and oxygen atoms in total. The molecule has 2 atom stereocenters. The summed E-state index contributed by atoms with van der Waals surface area (Å²) in [6.07, 6.45) is 0.789. The summed E-state index contributed by atoms with van der Waals surface area (Å²) in [5.74, 6) is -0.351. The molecular weight excluding hydrogens is 339 g/mol. The predicted octanol–water partition coefficient (Wildman–Crippen LogP) is 1.98. The van der Waals surface area contributed by atoms with Gasteiger partial charge in [-0.25, -0.2) is 14.2 Å². The molecule has 0 bridgehead atoms. The smallest absolute Gasteiger partial charge is 0.410 e. The van der Waals surface area contributed by atoms with Crippen molar-refractivity contribution < 1.29 is 18.7 Å². The van der Waals surface area contributed by atoms with Crippen molar-refractivity contribution in [2.24, 2.45) is 0 Å². The number of carbonyl (C=O) groups excluding carboxylic acids is 2. The Bertz CT molecular complexity index is 666. The van der Waals surface area contributed by atoms with Crippen LogP contribution in [0.2, 0.25) is 0 Å². The summed E-state index contributed by atoms with van der Waals surface area (Å²) in [6, 6.07) is 3.09. The maximum absolute atomic E-state index is 12.9. The first-order chi connectivity index (χ1) is 12.2. The van der Waals surface area contributed by atoms with Crippen molar-refractivity contribution in [3.05, 3.63) is 24.0 Å².